The molecule has 0 N–H and O–H groups in total. The predicted octanol–water partition coefficient (Wildman–Crippen LogP) is 3.55. The number of pyridine rings is 1. The Kier molecular flexibility index (Phi) is 3.35. The van der Waals surface area contributed by atoms with Crippen LogP contribution in [-0.2, 0) is 7.05 Å². The summed E-state index contributed by atoms with van der Waals surface area (Å²) >= 11 is 5.92. The van der Waals surface area contributed by atoms with Gasteiger partial charge in [0, 0.05) is 24.2 Å². The van der Waals surface area contributed by atoms with Crippen molar-refractivity contribution in [3.63, 3.8) is 0 Å². The topological polar surface area (TPSA) is 65.7 Å². The maximum atomic E-state index is 5.92. The lowest BCUT2D eigenvalue weighted by molar-refractivity contribution is 0.413. The van der Waals surface area contributed by atoms with Crippen LogP contribution >= 0.6 is 11.6 Å². The lowest BCUT2D eigenvalue weighted by Crippen LogP contribution is -1.97. The van der Waals surface area contributed by atoms with Crippen LogP contribution in [0.25, 0.3) is 33.3 Å². The standard InChI is InChI=1S/C17H14ClN5O/c1-9-15-10(8-23(2)22-15)6-11(16(9)24-3)17-19-7-13-12(21-17)4-5-14(18)20-13/h4-8H,1-3H3. The third-order valence-electron chi connectivity index (χ3n) is 3.95. The van der Waals surface area contributed by atoms with Gasteiger partial charge in [-0.1, -0.05) is 11.6 Å². The number of hydrogen-bond acceptors (Lipinski definition) is 5. The number of fused-ring (bicyclic) bond motifs is 2. The second kappa shape index (κ2) is 5.42. The number of rotatable bonds is 2. The maximum Gasteiger partial charge on any atom is 0.163 e. The van der Waals surface area contributed by atoms with E-state index in [9.17, 15) is 0 Å². The van der Waals surface area contributed by atoms with Gasteiger partial charge in [-0.15, -0.1) is 0 Å². The minimum atomic E-state index is 0.420. The first kappa shape index (κ1) is 14.8. The summed E-state index contributed by atoms with van der Waals surface area (Å²) in [5.74, 6) is 1.31. The van der Waals surface area contributed by atoms with E-state index in [0.717, 1.165) is 33.3 Å². The summed E-state index contributed by atoms with van der Waals surface area (Å²) in [6.07, 6.45) is 3.64. The Morgan fingerprint density at radius 1 is 1.17 bits per heavy atom. The van der Waals surface area contributed by atoms with Gasteiger partial charge in [0.05, 0.1) is 29.9 Å². The van der Waals surface area contributed by atoms with E-state index in [-0.39, 0.29) is 0 Å². The quantitative estimate of drug-likeness (QED) is 0.522. The Morgan fingerprint density at radius 2 is 2.00 bits per heavy atom. The normalized spacial score (nSPS) is 11.3. The van der Waals surface area contributed by atoms with Crippen molar-refractivity contribution in [2.75, 3.05) is 7.11 Å². The highest BCUT2D eigenvalue weighted by atomic mass is 35.5. The fourth-order valence-electron chi connectivity index (χ4n) is 2.89. The monoisotopic (exact) mass is 339 g/mol. The Hall–Kier alpha value is -2.73. The van der Waals surface area contributed by atoms with Gasteiger partial charge in [0.15, 0.2) is 5.82 Å². The van der Waals surface area contributed by atoms with Crippen molar-refractivity contribution in [3.8, 4) is 17.1 Å². The van der Waals surface area contributed by atoms with E-state index in [1.54, 1.807) is 24.1 Å². The second-order valence-corrected chi connectivity index (χ2v) is 5.94. The van der Waals surface area contributed by atoms with Gasteiger partial charge in [0.25, 0.3) is 0 Å². The van der Waals surface area contributed by atoms with E-state index in [0.29, 0.717) is 16.5 Å². The molecule has 0 saturated heterocycles. The van der Waals surface area contributed by atoms with Crippen LogP contribution in [0.2, 0.25) is 5.15 Å². The van der Waals surface area contributed by atoms with E-state index in [2.05, 4.69) is 20.1 Å². The number of hydrogen-bond donors (Lipinski definition) is 0. The Labute approximate surface area is 143 Å². The molecule has 7 heteroatoms. The summed E-state index contributed by atoms with van der Waals surface area (Å²) in [6, 6.07) is 5.55. The maximum absolute atomic E-state index is 5.92. The van der Waals surface area contributed by atoms with Crippen molar-refractivity contribution in [1.82, 2.24) is 24.7 Å². The van der Waals surface area contributed by atoms with Crippen LogP contribution in [0.15, 0.2) is 30.6 Å². The van der Waals surface area contributed by atoms with Crippen LogP contribution in [0.5, 0.6) is 5.75 Å². The molecular formula is C17H14ClN5O. The molecule has 3 aromatic heterocycles. The zero-order valence-electron chi connectivity index (χ0n) is 13.4. The first-order valence-electron chi connectivity index (χ1n) is 7.37. The van der Waals surface area contributed by atoms with Crippen molar-refractivity contribution in [1.29, 1.82) is 0 Å². The summed E-state index contributed by atoms with van der Waals surface area (Å²) < 4.78 is 7.40. The smallest absolute Gasteiger partial charge is 0.163 e. The summed E-state index contributed by atoms with van der Waals surface area (Å²) in [5, 5.41) is 5.92. The van der Waals surface area contributed by atoms with Crippen LogP contribution in [0.1, 0.15) is 5.56 Å². The molecule has 0 unspecified atom stereocenters. The number of benzene rings is 1. The summed E-state index contributed by atoms with van der Waals surface area (Å²) in [4.78, 5) is 13.3. The molecule has 120 valence electrons. The lowest BCUT2D eigenvalue weighted by atomic mass is 10.0. The molecule has 0 atom stereocenters. The van der Waals surface area contributed by atoms with Crippen molar-refractivity contribution in [2.24, 2.45) is 7.05 Å². The number of aryl methyl sites for hydroxylation is 2. The first-order valence-corrected chi connectivity index (χ1v) is 7.75. The lowest BCUT2D eigenvalue weighted by Gasteiger charge is -2.11. The predicted molar refractivity (Wildman–Crippen MR) is 93.3 cm³/mol. The number of methoxy groups -OCH3 is 1. The van der Waals surface area contributed by atoms with E-state index >= 15 is 0 Å². The van der Waals surface area contributed by atoms with Gasteiger partial charge in [-0.25, -0.2) is 15.0 Å². The van der Waals surface area contributed by atoms with Gasteiger partial charge in [0.1, 0.15) is 16.4 Å². The van der Waals surface area contributed by atoms with Crippen LogP contribution < -0.4 is 4.74 Å². The molecule has 1 aromatic carbocycles. The summed E-state index contributed by atoms with van der Waals surface area (Å²) in [6.45, 7) is 1.99. The number of aromatic nitrogens is 5. The molecule has 24 heavy (non-hydrogen) atoms. The zero-order chi connectivity index (χ0) is 16.8. The van der Waals surface area contributed by atoms with Crippen LogP contribution in [-0.4, -0.2) is 31.8 Å². The van der Waals surface area contributed by atoms with E-state index in [1.165, 1.54) is 0 Å². The highest BCUT2D eigenvalue weighted by Gasteiger charge is 2.17. The van der Waals surface area contributed by atoms with Crippen LogP contribution in [0, 0.1) is 6.92 Å². The van der Waals surface area contributed by atoms with E-state index in [1.807, 2.05) is 32.3 Å². The van der Waals surface area contributed by atoms with Gasteiger partial charge < -0.3 is 4.74 Å². The number of nitrogens with zero attached hydrogens (tertiary/aromatic N) is 5. The Balaban J connectivity index is 1.99. The third kappa shape index (κ3) is 2.27. The van der Waals surface area contributed by atoms with Gasteiger partial charge in [-0.05, 0) is 25.1 Å². The second-order valence-electron chi connectivity index (χ2n) is 5.55. The van der Waals surface area contributed by atoms with E-state index in [4.69, 9.17) is 16.3 Å². The average Bonchev–Trinajstić information content (AvgIpc) is 2.95. The molecule has 0 bridgehead atoms. The molecule has 0 fully saturated rings. The molecule has 0 aliphatic carbocycles. The van der Waals surface area contributed by atoms with E-state index < -0.39 is 0 Å². The fraction of sp³-hybridized carbons (Fsp3) is 0.176. The highest BCUT2D eigenvalue weighted by Crippen LogP contribution is 2.36. The third-order valence-corrected chi connectivity index (χ3v) is 4.16. The summed E-state index contributed by atoms with van der Waals surface area (Å²) in [5.41, 5.74) is 4.09. The molecule has 0 aliphatic heterocycles. The van der Waals surface area contributed by atoms with Gasteiger partial charge in [0.2, 0.25) is 0 Å². The molecule has 4 rings (SSSR count). The minimum Gasteiger partial charge on any atom is -0.496 e. The molecule has 0 aliphatic rings. The van der Waals surface area contributed by atoms with Crippen molar-refractivity contribution in [3.05, 3.63) is 41.3 Å². The Morgan fingerprint density at radius 3 is 2.79 bits per heavy atom. The molecular weight excluding hydrogens is 326 g/mol. The Bertz CT molecular complexity index is 1090. The molecule has 3 heterocycles. The van der Waals surface area contributed by atoms with Crippen molar-refractivity contribution < 1.29 is 4.74 Å². The van der Waals surface area contributed by atoms with Crippen molar-refractivity contribution >= 4 is 33.5 Å². The molecule has 0 amide bonds. The van der Waals surface area contributed by atoms with Gasteiger partial charge >= 0.3 is 0 Å². The molecule has 0 radical (unpaired) electrons. The van der Waals surface area contributed by atoms with Crippen LogP contribution in [0.4, 0.5) is 0 Å². The first-order chi connectivity index (χ1) is 11.6. The zero-order valence-corrected chi connectivity index (χ0v) is 14.2. The molecule has 6 nitrogen and oxygen atoms in total. The molecule has 0 saturated carbocycles. The molecule has 0 spiro atoms. The average molecular weight is 340 g/mol. The number of ether oxygens (including phenoxy) is 1. The summed E-state index contributed by atoms with van der Waals surface area (Å²) in [7, 11) is 3.54. The minimum absolute atomic E-state index is 0.420. The number of halogens is 1. The highest BCUT2D eigenvalue weighted by molar-refractivity contribution is 6.29. The SMILES string of the molecule is COc1c(-c2ncc3nc(Cl)ccc3n2)cc2cn(C)nc2c1C. The van der Waals surface area contributed by atoms with Crippen LogP contribution in [0.3, 0.4) is 0 Å². The van der Waals surface area contributed by atoms with Gasteiger partial charge in [-0.2, -0.15) is 5.10 Å². The van der Waals surface area contributed by atoms with Crippen molar-refractivity contribution in [2.45, 2.75) is 6.92 Å². The fourth-order valence-corrected chi connectivity index (χ4v) is 3.04. The largest absolute Gasteiger partial charge is 0.496 e. The molecule has 4 aromatic rings. The van der Waals surface area contributed by atoms with Gasteiger partial charge in [-0.3, -0.25) is 4.68 Å².